The van der Waals surface area contributed by atoms with Crippen LogP contribution in [-0.4, -0.2) is 28.4 Å². The van der Waals surface area contributed by atoms with Crippen LogP contribution >= 0.6 is 0 Å². The number of phenolic OH excluding ortho intramolecular Hbond substituents is 1. The molecule has 0 fully saturated rings. The number of phenols is 1. The quantitative estimate of drug-likeness (QED) is 0.832. The van der Waals surface area contributed by atoms with Gasteiger partial charge in [0.2, 0.25) is 0 Å². The lowest BCUT2D eigenvalue weighted by Crippen LogP contribution is -1.98. The third-order valence-electron chi connectivity index (χ3n) is 2.64. The Morgan fingerprint density at radius 3 is 2.70 bits per heavy atom. The Labute approximate surface area is 114 Å². The maximum absolute atomic E-state index is 11.3. The van der Waals surface area contributed by atoms with Crippen molar-refractivity contribution in [2.45, 2.75) is 6.92 Å². The van der Waals surface area contributed by atoms with Crippen LogP contribution in [0.3, 0.4) is 0 Å². The summed E-state index contributed by atoms with van der Waals surface area (Å²) in [7, 11) is 1.42. The highest BCUT2D eigenvalue weighted by Crippen LogP contribution is 2.28. The number of carboxylic acids is 1. The van der Waals surface area contributed by atoms with Gasteiger partial charge in [-0.2, -0.15) is 0 Å². The lowest BCUT2D eigenvalue weighted by Gasteiger charge is -2.04. The molecule has 0 saturated carbocycles. The number of rotatable bonds is 4. The number of carboxylic acid groups (broad SMARTS) is 1. The molecule has 0 unspecified atom stereocenters. The first-order valence-corrected chi connectivity index (χ1v) is 5.77. The van der Waals surface area contributed by atoms with Gasteiger partial charge in [-0.05, 0) is 30.7 Å². The smallest absolute Gasteiger partial charge is 0.339 e. The van der Waals surface area contributed by atoms with E-state index in [1.165, 1.54) is 31.4 Å². The van der Waals surface area contributed by atoms with Gasteiger partial charge in [0.15, 0.2) is 17.3 Å². The van der Waals surface area contributed by atoms with Crippen molar-refractivity contribution >= 4 is 17.6 Å². The number of aliphatic carboxylic acids is 1. The van der Waals surface area contributed by atoms with Crippen molar-refractivity contribution in [2.24, 2.45) is 0 Å². The molecule has 2 N–H and O–H groups in total. The molecular weight excluding hydrogens is 262 g/mol. The summed E-state index contributed by atoms with van der Waals surface area (Å²) in [5, 5.41) is 22.4. The summed E-state index contributed by atoms with van der Waals surface area (Å²) in [4.78, 5) is 11.3. The molecule has 0 saturated heterocycles. The molecule has 0 bridgehead atoms. The number of aryl methyl sites for hydroxylation is 1. The summed E-state index contributed by atoms with van der Waals surface area (Å²) in [6.07, 6.45) is 1.42. The van der Waals surface area contributed by atoms with Crippen LogP contribution in [0.15, 0.2) is 28.8 Å². The van der Waals surface area contributed by atoms with Crippen LogP contribution in [0.1, 0.15) is 17.0 Å². The van der Waals surface area contributed by atoms with Crippen molar-refractivity contribution in [3.05, 3.63) is 41.3 Å². The van der Waals surface area contributed by atoms with Gasteiger partial charge in [-0.15, -0.1) is 0 Å². The summed E-state index contributed by atoms with van der Waals surface area (Å²) >= 11 is 0. The van der Waals surface area contributed by atoms with Gasteiger partial charge < -0.3 is 19.5 Å². The van der Waals surface area contributed by atoms with Crippen molar-refractivity contribution in [1.82, 2.24) is 5.16 Å². The second-order valence-corrected chi connectivity index (χ2v) is 4.13. The molecule has 6 nitrogen and oxygen atoms in total. The molecule has 2 rings (SSSR count). The van der Waals surface area contributed by atoms with Crippen LogP contribution < -0.4 is 4.74 Å². The first-order valence-electron chi connectivity index (χ1n) is 5.77. The van der Waals surface area contributed by atoms with E-state index < -0.39 is 5.97 Å². The van der Waals surface area contributed by atoms with E-state index in [2.05, 4.69) is 5.16 Å². The molecule has 0 amide bonds. The Kier molecular flexibility index (Phi) is 3.74. The number of methoxy groups -OCH3 is 1. The monoisotopic (exact) mass is 275 g/mol. The van der Waals surface area contributed by atoms with Crippen molar-refractivity contribution in [3.8, 4) is 11.5 Å². The highest BCUT2D eigenvalue weighted by Gasteiger charge is 2.16. The second kappa shape index (κ2) is 5.48. The number of aromatic hydroxyl groups is 1. The fourth-order valence-corrected chi connectivity index (χ4v) is 1.68. The Balaban J connectivity index is 2.46. The molecule has 1 heterocycles. The Bertz CT molecular complexity index is 672. The molecule has 20 heavy (non-hydrogen) atoms. The van der Waals surface area contributed by atoms with Crippen molar-refractivity contribution < 1.29 is 24.3 Å². The Hall–Kier alpha value is -2.76. The minimum absolute atomic E-state index is 0.0166. The molecule has 0 aliphatic carbocycles. The predicted octanol–water partition coefficient (Wildman–Crippen LogP) is 2.32. The van der Waals surface area contributed by atoms with Crippen LogP contribution in [0.2, 0.25) is 0 Å². The van der Waals surface area contributed by atoms with Gasteiger partial charge in [-0.1, -0.05) is 11.2 Å². The summed E-state index contributed by atoms with van der Waals surface area (Å²) in [6.45, 7) is 1.70. The van der Waals surface area contributed by atoms with Crippen LogP contribution in [0, 0.1) is 6.92 Å². The van der Waals surface area contributed by atoms with E-state index in [-0.39, 0.29) is 22.8 Å². The van der Waals surface area contributed by atoms with Gasteiger partial charge >= 0.3 is 5.97 Å². The lowest BCUT2D eigenvalue weighted by molar-refractivity contribution is -0.130. The van der Waals surface area contributed by atoms with Gasteiger partial charge in [0.1, 0.15) is 5.57 Å². The van der Waals surface area contributed by atoms with E-state index in [1.807, 2.05) is 0 Å². The fraction of sp³-hybridized carbons (Fsp3) is 0.143. The molecule has 1 aromatic carbocycles. The van der Waals surface area contributed by atoms with E-state index in [4.69, 9.17) is 9.26 Å². The highest BCUT2D eigenvalue weighted by atomic mass is 16.5. The lowest BCUT2D eigenvalue weighted by atomic mass is 10.1. The van der Waals surface area contributed by atoms with Crippen molar-refractivity contribution in [1.29, 1.82) is 0 Å². The number of ether oxygens (including phenoxy) is 1. The second-order valence-electron chi connectivity index (χ2n) is 4.13. The summed E-state index contributed by atoms with van der Waals surface area (Å²) in [5.74, 6) is -0.718. The van der Waals surface area contributed by atoms with E-state index in [0.717, 1.165) is 0 Å². The first kappa shape index (κ1) is 13.7. The molecule has 0 spiro atoms. The van der Waals surface area contributed by atoms with E-state index in [9.17, 15) is 15.0 Å². The van der Waals surface area contributed by atoms with Gasteiger partial charge in [-0.3, -0.25) is 0 Å². The largest absolute Gasteiger partial charge is 0.504 e. The molecule has 104 valence electrons. The zero-order valence-electron chi connectivity index (χ0n) is 11.0. The zero-order chi connectivity index (χ0) is 14.7. The van der Waals surface area contributed by atoms with Crippen molar-refractivity contribution in [3.63, 3.8) is 0 Å². The van der Waals surface area contributed by atoms with Crippen LogP contribution in [-0.2, 0) is 4.79 Å². The number of benzene rings is 1. The molecule has 0 aliphatic rings. The third kappa shape index (κ3) is 2.80. The Morgan fingerprint density at radius 1 is 1.40 bits per heavy atom. The van der Waals surface area contributed by atoms with Gasteiger partial charge in [0.05, 0.1) is 12.8 Å². The highest BCUT2D eigenvalue weighted by molar-refractivity contribution is 6.19. The number of hydrogen-bond donors (Lipinski definition) is 2. The topological polar surface area (TPSA) is 92.8 Å². The summed E-state index contributed by atoms with van der Waals surface area (Å²) in [5.41, 5.74) is 1.12. The maximum Gasteiger partial charge on any atom is 0.339 e. The maximum atomic E-state index is 11.3. The normalized spacial score (nSPS) is 11.4. The molecule has 0 atom stereocenters. The average Bonchev–Trinajstić information content (AvgIpc) is 2.83. The van der Waals surface area contributed by atoms with Gasteiger partial charge in [0, 0.05) is 6.07 Å². The van der Waals surface area contributed by atoms with E-state index >= 15 is 0 Å². The third-order valence-corrected chi connectivity index (χ3v) is 2.64. The number of aromatic nitrogens is 1. The molecule has 0 aliphatic heterocycles. The minimum Gasteiger partial charge on any atom is -0.504 e. The molecule has 0 radical (unpaired) electrons. The SMILES string of the molecule is COc1cc(C=C(C(=O)O)c2cc(C)no2)ccc1O. The van der Waals surface area contributed by atoms with Crippen LogP contribution in [0.4, 0.5) is 0 Å². The summed E-state index contributed by atoms with van der Waals surface area (Å²) < 4.78 is 9.94. The fourth-order valence-electron chi connectivity index (χ4n) is 1.68. The van der Waals surface area contributed by atoms with E-state index in [0.29, 0.717) is 11.3 Å². The molecular formula is C14H13NO5. The molecule has 6 heteroatoms. The number of nitrogens with zero attached hydrogens (tertiary/aromatic N) is 1. The average molecular weight is 275 g/mol. The van der Waals surface area contributed by atoms with E-state index in [1.54, 1.807) is 13.0 Å². The number of hydrogen-bond acceptors (Lipinski definition) is 5. The minimum atomic E-state index is -1.13. The van der Waals surface area contributed by atoms with Crippen LogP contribution in [0.25, 0.3) is 11.6 Å². The molecule has 1 aromatic heterocycles. The summed E-state index contributed by atoms with van der Waals surface area (Å²) in [6, 6.07) is 6.07. The zero-order valence-corrected chi connectivity index (χ0v) is 11.0. The standard InChI is InChI=1S/C14H13NO5/c1-8-5-12(20-15-8)10(14(17)18)6-9-3-4-11(16)13(7-9)19-2/h3-7,16H,1-2H3,(H,17,18). The molecule has 2 aromatic rings. The van der Waals surface area contributed by atoms with Gasteiger partial charge in [-0.25, -0.2) is 4.79 Å². The van der Waals surface area contributed by atoms with Crippen LogP contribution in [0.5, 0.6) is 11.5 Å². The Morgan fingerprint density at radius 2 is 2.15 bits per heavy atom. The predicted molar refractivity (Wildman–Crippen MR) is 71.4 cm³/mol. The van der Waals surface area contributed by atoms with Gasteiger partial charge in [0.25, 0.3) is 0 Å². The first-order chi connectivity index (χ1) is 9.51. The van der Waals surface area contributed by atoms with Crippen molar-refractivity contribution in [2.75, 3.05) is 7.11 Å². The number of carbonyl (C=O) groups is 1.